The molecule has 0 amide bonds. The van der Waals surface area contributed by atoms with Gasteiger partial charge in [0.05, 0.1) is 28.5 Å². The maximum atomic E-state index is 13.5. The first-order valence-corrected chi connectivity index (χ1v) is 11.5. The summed E-state index contributed by atoms with van der Waals surface area (Å²) >= 11 is 6.62. The van der Waals surface area contributed by atoms with E-state index in [9.17, 15) is 9.59 Å². The Bertz CT molecular complexity index is 1790. The lowest BCUT2D eigenvalue weighted by molar-refractivity contribution is 0.507. The quantitative estimate of drug-likeness (QED) is 0.254. The third kappa shape index (κ3) is 3.82. The number of allylic oxidation sites excluding steroid dienone is 1. The lowest BCUT2D eigenvalue weighted by Gasteiger charge is -2.22. The van der Waals surface area contributed by atoms with Crippen LogP contribution in [0, 0.1) is 0 Å². The van der Waals surface area contributed by atoms with Crippen LogP contribution in [0.25, 0.3) is 44.2 Å². The van der Waals surface area contributed by atoms with Gasteiger partial charge in [0.1, 0.15) is 0 Å². The number of nitrogens with zero attached hydrogens (tertiary/aromatic N) is 3. The van der Waals surface area contributed by atoms with Crippen LogP contribution in [0.4, 0.5) is 0 Å². The number of hydrogen-bond donors (Lipinski definition) is 3. The van der Waals surface area contributed by atoms with Crippen molar-refractivity contribution in [3.8, 4) is 16.8 Å². The number of hydrazine groups is 1. The summed E-state index contributed by atoms with van der Waals surface area (Å²) in [5, 5.41) is 3.84. The Morgan fingerprint density at radius 3 is 2.56 bits per heavy atom. The molecular weight excluding hydrogens is 476 g/mol. The number of benzene rings is 3. The van der Waals surface area contributed by atoms with Crippen LogP contribution in [0.1, 0.15) is 12.5 Å². The molecule has 0 aliphatic carbocycles. The Balaban J connectivity index is 1.75. The van der Waals surface area contributed by atoms with Gasteiger partial charge < -0.3 is 15.7 Å². The number of H-pyrrole nitrogens is 1. The van der Waals surface area contributed by atoms with Gasteiger partial charge >= 0.3 is 5.69 Å². The van der Waals surface area contributed by atoms with Gasteiger partial charge in [-0.3, -0.25) is 9.78 Å². The minimum atomic E-state index is -0.567. The molecule has 0 unspecified atom stereocenters. The van der Waals surface area contributed by atoms with E-state index in [2.05, 4.69) is 9.97 Å². The fourth-order valence-corrected chi connectivity index (χ4v) is 4.85. The van der Waals surface area contributed by atoms with E-state index in [4.69, 9.17) is 23.2 Å². The average Bonchev–Trinajstić information content (AvgIpc) is 2.83. The molecule has 36 heavy (non-hydrogen) atoms. The third-order valence-corrected chi connectivity index (χ3v) is 6.38. The van der Waals surface area contributed by atoms with E-state index in [1.807, 2.05) is 36.4 Å². The molecule has 3 aromatic carbocycles. The molecule has 0 bridgehead atoms. The first-order valence-electron chi connectivity index (χ1n) is 11.1. The van der Waals surface area contributed by atoms with Gasteiger partial charge in [0.15, 0.2) is 0 Å². The van der Waals surface area contributed by atoms with Crippen molar-refractivity contribution in [2.24, 2.45) is 11.6 Å². The molecule has 0 saturated heterocycles. The Morgan fingerprint density at radius 1 is 1.03 bits per heavy atom. The largest absolute Gasteiger partial charge is 0.401 e. The Kier molecular flexibility index (Phi) is 5.83. The molecular formula is C27H23ClN6O2. The summed E-state index contributed by atoms with van der Waals surface area (Å²) in [5.41, 5.74) is 9.15. The van der Waals surface area contributed by atoms with Crippen molar-refractivity contribution >= 4 is 39.0 Å². The summed E-state index contributed by atoms with van der Waals surface area (Å²) in [7, 11) is 1.69. The van der Waals surface area contributed by atoms with E-state index < -0.39 is 11.2 Å². The molecule has 5 aromatic rings. The highest BCUT2D eigenvalue weighted by molar-refractivity contribution is 6.33. The topological polar surface area (TPSA) is 123 Å². The van der Waals surface area contributed by atoms with Crippen molar-refractivity contribution in [3.05, 3.63) is 110 Å². The maximum absolute atomic E-state index is 13.5. The minimum Gasteiger partial charge on any atom is -0.401 e. The molecule has 0 aliphatic heterocycles. The van der Waals surface area contributed by atoms with E-state index in [-0.39, 0.29) is 0 Å². The Labute approximate surface area is 211 Å². The number of fused-ring (bicyclic) bond motifs is 2. The van der Waals surface area contributed by atoms with Crippen LogP contribution in [0.5, 0.6) is 0 Å². The van der Waals surface area contributed by atoms with Gasteiger partial charge in [-0.1, -0.05) is 54.1 Å². The second-order valence-electron chi connectivity index (χ2n) is 8.52. The lowest BCUT2D eigenvalue weighted by atomic mass is 9.95. The average molecular weight is 499 g/mol. The normalized spacial score (nSPS) is 12.1. The smallest absolute Gasteiger partial charge is 0.333 e. The van der Waals surface area contributed by atoms with E-state index in [0.717, 1.165) is 20.9 Å². The molecule has 0 atom stereocenters. The SMILES string of the molecule is C/C(N)=C(\c1cccc(Cl)c1-c1ccc2c(=O)n(-c3cncc4ccccc34)c(=O)[nH]c2c1)N(C)N. The van der Waals surface area contributed by atoms with E-state index in [0.29, 0.717) is 44.1 Å². The number of nitrogens with two attached hydrogens (primary N) is 2. The molecule has 5 rings (SSSR count). The summed E-state index contributed by atoms with van der Waals surface area (Å²) in [6, 6.07) is 18.1. The first-order chi connectivity index (χ1) is 17.3. The van der Waals surface area contributed by atoms with Crippen molar-refractivity contribution in [3.63, 3.8) is 0 Å². The molecule has 0 saturated carbocycles. The lowest BCUT2D eigenvalue weighted by Crippen LogP contribution is -2.33. The van der Waals surface area contributed by atoms with Gasteiger partial charge in [-0.05, 0) is 30.7 Å². The van der Waals surface area contributed by atoms with Gasteiger partial charge in [0.2, 0.25) is 0 Å². The van der Waals surface area contributed by atoms with Crippen molar-refractivity contribution < 1.29 is 0 Å². The summed E-state index contributed by atoms with van der Waals surface area (Å²) in [4.78, 5) is 33.7. The molecule has 5 N–H and O–H groups in total. The number of nitrogens with one attached hydrogen (secondary N) is 1. The van der Waals surface area contributed by atoms with Crippen LogP contribution in [-0.4, -0.2) is 26.6 Å². The highest BCUT2D eigenvalue weighted by atomic mass is 35.5. The zero-order valence-electron chi connectivity index (χ0n) is 19.6. The van der Waals surface area contributed by atoms with Gasteiger partial charge in [0, 0.05) is 45.9 Å². The number of hydrogen-bond acceptors (Lipinski definition) is 6. The molecule has 0 spiro atoms. The predicted octanol–water partition coefficient (Wildman–Crippen LogP) is 4.00. The highest BCUT2D eigenvalue weighted by Gasteiger charge is 2.18. The Morgan fingerprint density at radius 2 is 1.81 bits per heavy atom. The Hall–Kier alpha value is -4.40. The number of aromatic nitrogens is 3. The van der Waals surface area contributed by atoms with E-state index in [1.54, 1.807) is 44.4 Å². The van der Waals surface area contributed by atoms with Crippen molar-refractivity contribution in [2.45, 2.75) is 6.92 Å². The fraction of sp³-hybridized carbons (Fsp3) is 0.0741. The zero-order valence-corrected chi connectivity index (χ0v) is 20.4. The molecule has 0 fully saturated rings. The minimum absolute atomic E-state index is 0.349. The number of pyridine rings is 1. The number of rotatable bonds is 4. The number of halogens is 1. The van der Waals surface area contributed by atoms with E-state index in [1.165, 1.54) is 11.2 Å². The predicted molar refractivity (Wildman–Crippen MR) is 145 cm³/mol. The number of aromatic amines is 1. The van der Waals surface area contributed by atoms with Crippen LogP contribution in [0.15, 0.2) is 88.3 Å². The standard InChI is InChI=1S/C27H23ClN6O2/c1-15(29)25(33(2)30)20-8-5-9-21(28)24(20)16-10-11-19-22(12-16)32-27(36)34(26(19)35)23-14-31-13-17-6-3-4-7-18(17)23/h3-14H,29-30H2,1-2H3,(H,32,36)/b25-15-. The van der Waals surface area contributed by atoms with Crippen molar-refractivity contribution in [1.82, 2.24) is 19.5 Å². The molecule has 2 heterocycles. The maximum Gasteiger partial charge on any atom is 0.333 e. The second-order valence-corrected chi connectivity index (χ2v) is 8.92. The molecule has 9 heteroatoms. The van der Waals surface area contributed by atoms with Crippen LogP contribution in [-0.2, 0) is 0 Å². The molecule has 0 radical (unpaired) electrons. The summed E-state index contributed by atoms with van der Waals surface area (Å²) < 4.78 is 1.11. The van der Waals surface area contributed by atoms with Crippen LogP contribution in [0.2, 0.25) is 5.02 Å². The van der Waals surface area contributed by atoms with Crippen molar-refractivity contribution in [2.75, 3.05) is 7.05 Å². The molecule has 180 valence electrons. The van der Waals surface area contributed by atoms with Gasteiger partial charge in [-0.25, -0.2) is 15.2 Å². The van der Waals surface area contributed by atoms with E-state index >= 15 is 0 Å². The van der Waals surface area contributed by atoms with Gasteiger partial charge in [0.25, 0.3) is 5.56 Å². The van der Waals surface area contributed by atoms with Crippen LogP contribution >= 0.6 is 11.6 Å². The van der Waals surface area contributed by atoms with Crippen LogP contribution < -0.4 is 22.8 Å². The zero-order chi connectivity index (χ0) is 25.6. The van der Waals surface area contributed by atoms with Gasteiger partial charge in [-0.2, -0.15) is 0 Å². The molecule has 2 aromatic heterocycles. The molecule has 8 nitrogen and oxygen atoms in total. The summed E-state index contributed by atoms with van der Waals surface area (Å²) in [5.74, 6) is 6.06. The molecule has 0 aliphatic rings. The van der Waals surface area contributed by atoms with Gasteiger partial charge in [-0.15, -0.1) is 0 Å². The summed E-state index contributed by atoms with van der Waals surface area (Å²) in [6.45, 7) is 1.76. The van der Waals surface area contributed by atoms with Crippen molar-refractivity contribution in [1.29, 1.82) is 0 Å². The second kappa shape index (κ2) is 8.99. The first kappa shape index (κ1) is 23.3. The van der Waals surface area contributed by atoms with Crippen LogP contribution in [0.3, 0.4) is 0 Å². The third-order valence-electron chi connectivity index (χ3n) is 6.07. The summed E-state index contributed by atoms with van der Waals surface area (Å²) in [6.07, 6.45) is 3.21. The monoisotopic (exact) mass is 498 g/mol. The highest BCUT2D eigenvalue weighted by Crippen LogP contribution is 2.37. The fourth-order valence-electron chi connectivity index (χ4n) is 4.57.